The lowest BCUT2D eigenvalue weighted by molar-refractivity contribution is -0.122. The summed E-state index contributed by atoms with van der Waals surface area (Å²) in [7, 11) is 0. The van der Waals surface area contributed by atoms with Gasteiger partial charge in [-0.15, -0.1) is 0 Å². The van der Waals surface area contributed by atoms with Crippen molar-refractivity contribution < 1.29 is 14.3 Å². The van der Waals surface area contributed by atoms with Gasteiger partial charge < -0.3 is 4.74 Å². The van der Waals surface area contributed by atoms with E-state index in [4.69, 9.17) is 17.0 Å². The van der Waals surface area contributed by atoms with Crippen molar-refractivity contribution in [3.63, 3.8) is 0 Å². The molecule has 1 aliphatic rings. The van der Waals surface area contributed by atoms with Gasteiger partial charge in [-0.1, -0.05) is 35.9 Å². The maximum Gasteiger partial charge on any atom is 0.270 e. The van der Waals surface area contributed by atoms with E-state index in [0.717, 1.165) is 22.3 Å². The van der Waals surface area contributed by atoms with Gasteiger partial charge in [0.2, 0.25) is 0 Å². The van der Waals surface area contributed by atoms with Crippen LogP contribution < -0.4 is 15.0 Å². The second kappa shape index (κ2) is 8.77. The van der Waals surface area contributed by atoms with E-state index in [1.807, 2.05) is 63.2 Å². The van der Waals surface area contributed by atoms with Gasteiger partial charge in [-0.05, 0) is 92.2 Å². The van der Waals surface area contributed by atoms with Crippen molar-refractivity contribution in [3.8, 4) is 11.5 Å². The Labute approximate surface area is 192 Å². The minimum Gasteiger partial charge on any atom is -0.457 e. The molecule has 0 spiro atoms. The fraction of sp³-hybridized carbons (Fsp3) is 0.115. The number of hydrogen-bond acceptors (Lipinski definition) is 4. The van der Waals surface area contributed by atoms with E-state index in [1.54, 1.807) is 30.3 Å². The predicted molar refractivity (Wildman–Crippen MR) is 130 cm³/mol. The number of anilines is 1. The second-order valence-corrected chi connectivity index (χ2v) is 8.07. The van der Waals surface area contributed by atoms with Crippen molar-refractivity contribution >= 4 is 40.9 Å². The van der Waals surface area contributed by atoms with Crippen LogP contribution in [0.4, 0.5) is 5.69 Å². The van der Waals surface area contributed by atoms with Gasteiger partial charge in [0.1, 0.15) is 17.1 Å². The van der Waals surface area contributed by atoms with E-state index in [-0.39, 0.29) is 10.7 Å². The number of para-hydroxylation sites is 1. The van der Waals surface area contributed by atoms with Gasteiger partial charge >= 0.3 is 0 Å². The first kappa shape index (κ1) is 21.5. The Balaban J connectivity index is 1.64. The van der Waals surface area contributed by atoms with Gasteiger partial charge in [0, 0.05) is 0 Å². The van der Waals surface area contributed by atoms with Gasteiger partial charge in [0.05, 0.1) is 5.69 Å². The van der Waals surface area contributed by atoms with Crippen molar-refractivity contribution in [2.24, 2.45) is 0 Å². The Morgan fingerprint density at radius 3 is 2.09 bits per heavy atom. The third kappa shape index (κ3) is 4.31. The summed E-state index contributed by atoms with van der Waals surface area (Å²) in [5, 5.41) is 2.68. The standard InChI is InChI=1S/C26H22N2O3S/c1-16-13-17(2)22(18(3)14-16)15-23-24(29)27-26(32)28(25(23)30)19-9-11-21(12-10-19)31-20-7-5-4-6-8-20/h4-15H,1-3H3,(H,27,29,32)/b23-15+. The van der Waals surface area contributed by atoms with Gasteiger partial charge in [0.25, 0.3) is 11.8 Å². The Morgan fingerprint density at radius 1 is 0.875 bits per heavy atom. The van der Waals surface area contributed by atoms with E-state index in [1.165, 1.54) is 4.90 Å². The van der Waals surface area contributed by atoms with Gasteiger partial charge in [-0.2, -0.15) is 0 Å². The molecule has 0 atom stereocenters. The number of ether oxygens (including phenoxy) is 1. The molecule has 5 nitrogen and oxygen atoms in total. The summed E-state index contributed by atoms with van der Waals surface area (Å²) in [6.07, 6.45) is 1.64. The largest absolute Gasteiger partial charge is 0.457 e. The van der Waals surface area contributed by atoms with Crippen LogP contribution in [0.5, 0.6) is 11.5 Å². The molecule has 2 amide bonds. The van der Waals surface area contributed by atoms with Crippen molar-refractivity contribution in [2.45, 2.75) is 20.8 Å². The first-order valence-corrected chi connectivity index (χ1v) is 10.6. The van der Waals surface area contributed by atoms with E-state index < -0.39 is 11.8 Å². The van der Waals surface area contributed by atoms with E-state index >= 15 is 0 Å². The Bertz CT molecular complexity index is 1220. The second-order valence-electron chi connectivity index (χ2n) is 7.68. The zero-order chi connectivity index (χ0) is 22.8. The van der Waals surface area contributed by atoms with E-state index in [0.29, 0.717) is 17.2 Å². The summed E-state index contributed by atoms with van der Waals surface area (Å²) in [5.74, 6) is 0.377. The minimum atomic E-state index is -0.500. The van der Waals surface area contributed by atoms with Crippen LogP contribution in [0.25, 0.3) is 6.08 Å². The monoisotopic (exact) mass is 442 g/mol. The first-order chi connectivity index (χ1) is 15.3. The Hall–Kier alpha value is -3.77. The summed E-state index contributed by atoms with van der Waals surface area (Å²) >= 11 is 5.30. The smallest absolute Gasteiger partial charge is 0.270 e. The minimum absolute atomic E-state index is 0.0401. The molecule has 1 fully saturated rings. The lowest BCUT2D eigenvalue weighted by atomic mass is 9.97. The maximum atomic E-state index is 13.3. The molecule has 0 bridgehead atoms. The van der Waals surface area contributed by atoms with Gasteiger partial charge in [-0.25, -0.2) is 0 Å². The molecular weight excluding hydrogens is 420 g/mol. The fourth-order valence-corrected chi connectivity index (χ4v) is 4.02. The number of rotatable bonds is 4. The normalized spacial score (nSPS) is 15.2. The fourth-order valence-electron chi connectivity index (χ4n) is 3.74. The van der Waals surface area contributed by atoms with Crippen molar-refractivity contribution in [1.82, 2.24) is 5.32 Å². The molecule has 3 aromatic carbocycles. The molecule has 32 heavy (non-hydrogen) atoms. The number of hydrogen-bond donors (Lipinski definition) is 1. The zero-order valence-electron chi connectivity index (χ0n) is 18.0. The van der Waals surface area contributed by atoms with Crippen LogP contribution in [0.2, 0.25) is 0 Å². The molecular formula is C26H22N2O3S. The van der Waals surface area contributed by atoms with E-state index in [2.05, 4.69) is 5.32 Å². The molecule has 0 aliphatic carbocycles. The predicted octanol–water partition coefficient (Wildman–Crippen LogP) is 5.24. The number of thiocarbonyl (C=S) groups is 1. The Kier molecular flexibility index (Phi) is 5.88. The highest BCUT2D eigenvalue weighted by Crippen LogP contribution is 2.28. The molecule has 3 aromatic rings. The lowest BCUT2D eigenvalue weighted by Gasteiger charge is -2.29. The number of amides is 2. The number of aryl methyl sites for hydroxylation is 3. The SMILES string of the molecule is Cc1cc(C)c(/C=C2\C(=O)NC(=S)N(c3ccc(Oc4ccccc4)cc3)C2=O)c(C)c1. The molecule has 0 saturated carbocycles. The molecule has 1 heterocycles. The number of nitrogens with one attached hydrogen (secondary N) is 1. The third-order valence-corrected chi connectivity index (χ3v) is 5.49. The summed E-state index contributed by atoms with van der Waals surface area (Å²) in [6, 6.07) is 20.5. The summed E-state index contributed by atoms with van der Waals surface area (Å²) in [6.45, 7) is 5.94. The Morgan fingerprint density at radius 2 is 1.47 bits per heavy atom. The van der Waals surface area contributed by atoms with Gasteiger partial charge in [0.15, 0.2) is 5.11 Å². The zero-order valence-corrected chi connectivity index (χ0v) is 18.8. The highest BCUT2D eigenvalue weighted by molar-refractivity contribution is 7.80. The van der Waals surface area contributed by atoms with Crippen molar-refractivity contribution in [3.05, 3.63) is 94.6 Å². The molecule has 160 valence electrons. The number of nitrogens with zero attached hydrogens (tertiary/aromatic N) is 1. The molecule has 0 unspecified atom stereocenters. The number of carbonyl (C=O) groups is 2. The number of benzene rings is 3. The highest BCUT2D eigenvalue weighted by Gasteiger charge is 2.34. The van der Waals surface area contributed by atoms with Crippen LogP contribution in [-0.2, 0) is 9.59 Å². The topological polar surface area (TPSA) is 58.6 Å². The summed E-state index contributed by atoms with van der Waals surface area (Å²) in [5.41, 5.74) is 4.56. The molecule has 1 aliphatic heterocycles. The van der Waals surface area contributed by atoms with Crippen LogP contribution in [-0.4, -0.2) is 16.9 Å². The molecule has 0 radical (unpaired) electrons. The number of carbonyl (C=O) groups excluding carboxylic acids is 2. The van der Waals surface area contributed by atoms with Crippen LogP contribution in [0.1, 0.15) is 22.3 Å². The van der Waals surface area contributed by atoms with Crippen LogP contribution in [0, 0.1) is 20.8 Å². The molecule has 1 N–H and O–H groups in total. The van der Waals surface area contributed by atoms with Crippen LogP contribution in [0.15, 0.2) is 72.3 Å². The maximum absolute atomic E-state index is 13.3. The molecule has 6 heteroatoms. The third-order valence-electron chi connectivity index (χ3n) is 5.20. The van der Waals surface area contributed by atoms with Crippen molar-refractivity contribution in [2.75, 3.05) is 4.90 Å². The van der Waals surface area contributed by atoms with E-state index in [9.17, 15) is 9.59 Å². The van der Waals surface area contributed by atoms with Crippen LogP contribution in [0.3, 0.4) is 0 Å². The average Bonchev–Trinajstić information content (AvgIpc) is 2.74. The molecule has 4 rings (SSSR count). The quantitative estimate of drug-likeness (QED) is 0.341. The summed E-state index contributed by atoms with van der Waals surface area (Å²) < 4.78 is 5.81. The molecule has 0 aromatic heterocycles. The first-order valence-electron chi connectivity index (χ1n) is 10.2. The average molecular weight is 443 g/mol. The van der Waals surface area contributed by atoms with Gasteiger partial charge in [-0.3, -0.25) is 19.8 Å². The lowest BCUT2D eigenvalue weighted by Crippen LogP contribution is -2.54. The summed E-state index contributed by atoms with van der Waals surface area (Å²) in [4.78, 5) is 27.2. The van der Waals surface area contributed by atoms with Crippen LogP contribution >= 0.6 is 12.2 Å². The molecule has 1 saturated heterocycles. The highest BCUT2D eigenvalue weighted by atomic mass is 32.1. The van der Waals surface area contributed by atoms with Crippen molar-refractivity contribution in [1.29, 1.82) is 0 Å².